The van der Waals surface area contributed by atoms with Gasteiger partial charge in [-0.15, -0.1) is 10.2 Å². The number of amides is 1. The van der Waals surface area contributed by atoms with Crippen molar-refractivity contribution in [2.24, 2.45) is 0 Å². The number of nitrogens with one attached hydrogen (secondary N) is 2. The molecule has 0 bridgehead atoms. The van der Waals surface area contributed by atoms with Gasteiger partial charge in [-0.05, 0) is 37.0 Å². The standard InChI is InChI=1S/C17H24N4OS2/c1-3-5-6-13-7-9-14(10-8-13)19-15(22)12-23-17-21-20-16(24-17)18-11-4-2/h7-10H,3-6,11-12H2,1-2H3,(H,18,20)(H,19,22). The highest BCUT2D eigenvalue weighted by Crippen LogP contribution is 2.25. The zero-order valence-electron chi connectivity index (χ0n) is 14.2. The summed E-state index contributed by atoms with van der Waals surface area (Å²) in [6, 6.07) is 8.08. The number of benzene rings is 1. The molecule has 1 aromatic heterocycles. The Morgan fingerprint density at radius 2 is 1.96 bits per heavy atom. The van der Waals surface area contributed by atoms with Crippen LogP contribution in [0.5, 0.6) is 0 Å². The Morgan fingerprint density at radius 3 is 2.67 bits per heavy atom. The van der Waals surface area contributed by atoms with Gasteiger partial charge in [0, 0.05) is 12.2 Å². The second kappa shape index (κ2) is 10.3. The van der Waals surface area contributed by atoms with Gasteiger partial charge in [-0.3, -0.25) is 4.79 Å². The van der Waals surface area contributed by atoms with Crippen LogP contribution in [0.4, 0.5) is 10.8 Å². The van der Waals surface area contributed by atoms with Crippen LogP contribution in [-0.4, -0.2) is 28.4 Å². The number of nitrogens with zero attached hydrogens (tertiary/aromatic N) is 2. The summed E-state index contributed by atoms with van der Waals surface area (Å²) in [4.78, 5) is 12.0. The smallest absolute Gasteiger partial charge is 0.234 e. The molecule has 0 spiro atoms. The fourth-order valence-corrected chi connectivity index (χ4v) is 3.61. The summed E-state index contributed by atoms with van der Waals surface area (Å²) in [7, 11) is 0. The van der Waals surface area contributed by atoms with E-state index in [2.05, 4.69) is 46.8 Å². The lowest BCUT2D eigenvalue weighted by atomic mass is 10.1. The minimum absolute atomic E-state index is 0.0282. The summed E-state index contributed by atoms with van der Waals surface area (Å²) in [5.41, 5.74) is 2.15. The molecular formula is C17H24N4OS2. The second-order valence-electron chi connectivity index (χ2n) is 5.44. The number of rotatable bonds is 10. The highest BCUT2D eigenvalue weighted by Gasteiger charge is 2.08. The highest BCUT2D eigenvalue weighted by molar-refractivity contribution is 8.01. The van der Waals surface area contributed by atoms with Crippen molar-refractivity contribution in [3.63, 3.8) is 0 Å². The third-order valence-electron chi connectivity index (χ3n) is 3.32. The average Bonchev–Trinajstić information content (AvgIpc) is 3.05. The quantitative estimate of drug-likeness (QED) is 0.610. The van der Waals surface area contributed by atoms with Crippen LogP contribution < -0.4 is 10.6 Å². The van der Waals surface area contributed by atoms with E-state index in [1.807, 2.05) is 12.1 Å². The fraction of sp³-hybridized carbons (Fsp3) is 0.471. The summed E-state index contributed by atoms with van der Waals surface area (Å²) in [6.07, 6.45) is 4.52. The van der Waals surface area contributed by atoms with Crippen molar-refractivity contribution in [2.45, 2.75) is 43.9 Å². The first-order valence-corrected chi connectivity index (χ1v) is 10.1. The van der Waals surface area contributed by atoms with E-state index in [0.717, 1.165) is 34.5 Å². The largest absolute Gasteiger partial charge is 0.360 e. The van der Waals surface area contributed by atoms with Crippen LogP contribution >= 0.6 is 23.1 Å². The lowest BCUT2D eigenvalue weighted by Gasteiger charge is -2.05. The molecule has 0 radical (unpaired) electrons. The van der Waals surface area contributed by atoms with E-state index < -0.39 is 0 Å². The van der Waals surface area contributed by atoms with Gasteiger partial charge < -0.3 is 10.6 Å². The van der Waals surface area contributed by atoms with E-state index in [4.69, 9.17) is 0 Å². The normalized spacial score (nSPS) is 10.6. The second-order valence-corrected chi connectivity index (χ2v) is 7.64. The Labute approximate surface area is 151 Å². The van der Waals surface area contributed by atoms with E-state index in [0.29, 0.717) is 5.75 Å². The topological polar surface area (TPSA) is 66.9 Å². The first kappa shape index (κ1) is 18.7. The Morgan fingerprint density at radius 1 is 1.17 bits per heavy atom. The fourth-order valence-electron chi connectivity index (χ4n) is 2.03. The van der Waals surface area contributed by atoms with Crippen molar-refractivity contribution in [3.8, 4) is 0 Å². The molecule has 0 aliphatic rings. The average molecular weight is 365 g/mol. The number of anilines is 2. The zero-order valence-corrected chi connectivity index (χ0v) is 15.8. The van der Waals surface area contributed by atoms with Gasteiger partial charge in [0.25, 0.3) is 0 Å². The number of aromatic nitrogens is 2. The van der Waals surface area contributed by atoms with Gasteiger partial charge in [0.1, 0.15) is 0 Å². The van der Waals surface area contributed by atoms with Gasteiger partial charge in [-0.25, -0.2) is 0 Å². The molecule has 0 aliphatic heterocycles. The van der Waals surface area contributed by atoms with Crippen LogP contribution in [0, 0.1) is 0 Å². The van der Waals surface area contributed by atoms with Crippen molar-refractivity contribution >= 4 is 39.8 Å². The first-order chi connectivity index (χ1) is 11.7. The molecule has 0 saturated carbocycles. The molecule has 0 atom stereocenters. The third-order valence-corrected chi connectivity index (χ3v) is 5.33. The monoisotopic (exact) mass is 364 g/mol. The van der Waals surface area contributed by atoms with E-state index in [1.54, 1.807) is 0 Å². The maximum Gasteiger partial charge on any atom is 0.234 e. The number of aryl methyl sites for hydroxylation is 1. The molecule has 0 fully saturated rings. The van der Waals surface area contributed by atoms with Crippen LogP contribution in [-0.2, 0) is 11.2 Å². The predicted molar refractivity (Wildman–Crippen MR) is 103 cm³/mol. The van der Waals surface area contributed by atoms with Gasteiger partial charge in [-0.1, -0.05) is 55.5 Å². The van der Waals surface area contributed by atoms with Crippen molar-refractivity contribution in [1.29, 1.82) is 0 Å². The zero-order chi connectivity index (χ0) is 17.2. The van der Waals surface area contributed by atoms with E-state index in [-0.39, 0.29) is 5.91 Å². The van der Waals surface area contributed by atoms with Crippen LogP contribution in [0.25, 0.3) is 0 Å². The van der Waals surface area contributed by atoms with Gasteiger partial charge >= 0.3 is 0 Å². The maximum atomic E-state index is 12.0. The molecule has 1 heterocycles. The summed E-state index contributed by atoms with van der Waals surface area (Å²) in [6.45, 7) is 5.17. The van der Waals surface area contributed by atoms with Crippen LogP contribution in [0.3, 0.4) is 0 Å². The molecule has 1 amide bonds. The molecule has 0 unspecified atom stereocenters. The van der Waals surface area contributed by atoms with E-state index in [1.165, 1.54) is 41.5 Å². The molecule has 24 heavy (non-hydrogen) atoms. The molecule has 0 saturated heterocycles. The van der Waals surface area contributed by atoms with Crippen molar-refractivity contribution in [1.82, 2.24) is 10.2 Å². The van der Waals surface area contributed by atoms with Crippen LogP contribution in [0.1, 0.15) is 38.7 Å². The summed E-state index contributed by atoms with van der Waals surface area (Å²) in [5.74, 6) is 0.305. The lowest BCUT2D eigenvalue weighted by molar-refractivity contribution is -0.113. The Kier molecular flexibility index (Phi) is 8.04. The molecular weight excluding hydrogens is 340 g/mol. The van der Waals surface area contributed by atoms with Gasteiger partial charge in [-0.2, -0.15) is 0 Å². The van der Waals surface area contributed by atoms with Crippen LogP contribution in [0.15, 0.2) is 28.6 Å². The lowest BCUT2D eigenvalue weighted by Crippen LogP contribution is -2.13. The minimum Gasteiger partial charge on any atom is -0.360 e. The number of unbranched alkanes of at least 4 members (excludes halogenated alkanes) is 1. The van der Waals surface area contributed by atoms with E-state index >= 15 is 0 Å². The van der Waals surface area contributed by atoms with Crippen molar-refractivity contribution < 1.29 is 4.79 Å². The van der Waals surface area contributed by atoms with Crippen molar-refractivity contribution in [3.05, 3.63) is 29.8 Å². The van der Waals surface area contributed by atoms with Crippen molar-refractivity contribution in [2.75, 3.05) is 22.9 Å². The molecule has 2 N–H and O–H groups in total. The first-order valence-electron chi connectivity index (χ1n) is 8.30. The summed E-state index contributed by atoms with van der Waals surface area (Å²) >= 11 is 2.89. The molecule has 2 rings (SSSR count). The number of thioether (sulfide) groups is 1. The summed E-state index contributed by atoms with van der Waals surface area (Å²) in [5, 5.41) is 15.1. The molecule has 7 heteroatoms. The Balaban J connectivity index is 1.75. The maximum absolute atomic E-state index is 12.0. The van der Waals surface area contributed by atoms with Gasteiger partial charge in [0.2, 0.25) is 11.0 Å². The van der Waals surface area contributed by atoms with Gasteiger partial charge in [0.15, 0.2) is 4.34 Å². The molecule has 130 valence electrons. The number of hydrogen-bond donors (Lipinski definition) is 2. The number of carbonyl (C=O) groups is 1. The number of carbonyl (C=O) groups excluding carboxylic acids is 1. The SMILES string of the molecule is CCCCc1ccc(NC(=O)CSc2nnc(NCCC)s2)cc1. The molecule has 2 aromatic rings. The minimum atomic E-state index is -0.0282. The Hall–Kier alpha value is -1.60. The molecule has 1 aromatic carbocycles. The van der Waals surface area contributed by atoms with Crippen LogP contribution in [0.2, 0.25) is 0 Å². The van der Waals surface area contributed by atoms with Gasteiger partial charge in [0.05, 0.1) is 5.75 Å². The highest BCUT2D eigenvalue weighted by atomic mass is 32.2. The molecule has 5 nitrogen and oxygen atoms in total. The molecule has 0 aliphatic carbocycles. The Bertz CT molecular complexity index is 628. The predicted octanol–water partition coefficient (Wildman–Crippen LogP) is 4.43. The van der Waals surface area contributed by atoms with E-state index in [9.17, 15) is 4.79 Å². The number of hydrogen-bond acceptors (Lipinski definition) is 6. The third kappa shape index (κ3) is 6.49. The summed E-state index contributed by atoms with van der Waals surface area (Å²) < 4.78 is 0.804.